The first-order chi connectivity index (χ1) is 10.1. The van der Waals surface area contributed by atoms with E-state index in [0.29, 0.717) is 13.1 Å². The van der Waals surface area contributed by atoms with Crippen molar-refractivity contribution in [1.82, 2.24) is 4.90 Å². The van der Waals surface area contributed by atoms with Crippen LogP contribution in [0.5, 0.6) is 0 Å². The number of carbonyl (C=O) groups is 2. The maximum absolute atomic E-state index is 12.2. The standard InChI is InChI=1S/C16H23N3O2/c1-12-5-2-3-8-19(16(12)21)11-15(20)18-14-7-4-6-13(9-14)10-17/h4,6-7,9,12H,2-3,5,8,10-11,17H2,1H3,(H,18,20). The van der Waals surface area contributed by atoms with Crippen LogP contribution in [0.25, 0.3) is 0 Å². The molecular formula is C16H23N3O2. The lowest BCUT2D eigenvalue weighted by Crippen LogP contribution is -2.40. The van der Waals surface area contributed by atoms with Crippen LogP contribution in [0.3, 0.4) is 0 Å². The lowest BCUT2D eigenvalue weighted by Gasteiger charge is -2.22. The molecule has 1 atom stereocenters. The van der Waals surface area contributed by atoms with Crippen LogP contribution in [-0.4, -0.2) is 29.8 Å². The molecule has 0 aromatic heterocycles. The van der Waals surface area contributed by atoms with E-state index in [0.717, 1.165) is 30.5 Å². The van der Waals surface area contributed by atoms with Crippen molar-refractivity contribution >= 4 is 17.5 Å². The molecule has 1 fully saturated rings. The number of amides is 2. The van der Waals surface area contributed by atoms with Gasteiger partial charge >= 0.3 is 0 Å². The number of hydrogen-bond acceptors (Lipinski definition) is 3. The number of hydrogen-bond donors (Lipinski definition) is 2. The average Bonchev–Trinajstić information content (AvgIpc) is 2.63. The number of benzene rings is 1. The molecule has 0 spiro atoms. The van der Waals surface area contributed by atoms with Crippen LogP contribution in [0.15, 0.2) is 24.3 Å². The quantitative estimate of drug-likeness (QED) is 0.886. The lowest BCUT2D eigenvalue weighted by molar-refractivity contribution is -0.137. The fourth-order valence-electron chi connectivity index (χ4n) is 2.61. The van der Waals surface area contributed by atoms with Gasteiger partial charge in [-0.2, -0.15) is 0 Å². The molecule has 2 amide bonds. The monoisotopic (exact) mass is 289 g/mol. The first-order valence-corrected chi connectivity index (χ1v) is 7.48. The average molecular weight is 289 g/mol. The van der Waals surface area contributed by atoms with Gasteiger partial charge in [-0.25, -0.2) is 0 Å². The Bertz CT molecular complexity index is 516. The smallest absolute Gasteiger partial charge is 0.243 e. The zero-order valence-corrected chi connectivity index (χ0v) is 12.5. The third-order valence-corrected chi connectivity index (χ3v) is 3.83. The molecule has 5 nitrogen and oxygen atoms in total. The van der Waals surface area contributed by atoms with Gasteiger partial charge in [-0.15, -0.1) is 0 Å². The molecule has 21 heavy (non-hydrogen) atoms. The van der Waals surface area contributed by atoms with Crippen molar-refractivity contribution in [2.24, 2.45) is 11.7 Å². The summed E-state index contributed by atoms with van der Waals surface area (Å²) in [6.07, 6.45) is 2.92. The minimum absolute atomic E-state index is 0.0147. The Balaban J connectivity index is 1.95. The highest BCUT2D eigenvalue weighted by Gasteiger charge is 2.24. The number of rotatable bonds is 4. The van der Waals surface area contributed by atoms with Crippen LogP contribution in [0.2, 0.25) is 0 Å². The highest BCUT2D eigenvalue weighted by atomic mass is 16.2. The number of nitrogens with two attached hydrogens (primary N) is 1. The summed E-state index contributed by atoms with van der Waals surface area (Å²) in [5.74, 6) is -0.0640. The van der Waals surface area contributed by atoms with Gasteiger partial charge < -0.3 is 16.0 Å². The summed E-state index contributed by atoms with van der Waals surface area (Å²) in [4.78, 5) is 25.9. The molecule has 1 saturated heterocycles. The largest absolute Gasteiger partial charge is 0.333 e. The Morgan fingerprint density at radius 2 is 2.24 bits per heavy atom. The van der Waals surface area contributed by atoms with Crippen molar-refractivity contribution in [1.29, 1.82) is 0 Å². The van der Waals surface area contributed by atoms with Gasteiger partial charge in [0.15, 0.2) is 0 Å². The van der Waals surface area contributed by atoms with Gasteiger partial charge in [0.1, 0.15) is 0 Å². The van der Waals surface area contributed by atoms with Crippen molar-refractivity contribution in [2.45, 2.75) is 32.7 Å². The zero-order chi connectivity index (χ0) is 15.2. The fourth-order valence-corrected chi connectivity index (χ4v) is 2.61. The van der Waals surface area contributed by atoms with E-state index in [1.54, 1.807) is 4.90 Å². The normalized spacial score (nSPS) is 19.2. The SMILES string of the molecule is CC1CCCCN(CC(=O)Nc2cccc(CN)c2)C1=O. The summed E-state index contributed by atoms with van der Waals surface area (Å²) in [5, 5.41) is 2.83. The second-order valence-electron chi connectivity index (χ2n) is 5.61. The molecule has 114 valence electrons. The van der Waals surface area contributed by atoms with Crippen LogP contribution in [0, 0.1) is 5.92 Å². The topological polar surface area (TPSA) is 75.4 Å². The van der Waals surface area contributed by atoms with E-state index in [9.17, 15) is 9.59 Å². The molecule has 1 heterocycles. The second kappa shape index (κ2) is 7.22. The molecule has 2 rings (SSSR count). The van der Waals surface area contributed by atoms with Crippen molar-refractivity contribution in [3.63, 3.8) is 0 Å². The summed E-state index contributed by atoms with van der Waals surface area (Å²) in [5.41, 5.74) is 7.27. The highest BCUT2D eigenvalue weighted by Crippen LogP contribution is 2.17. The molecule has 1 aliphatic heterocycles. The Hall–Kier alpha value is -1.88. The highest BCUT2D eigenvalue weighted by molar-refractivity contribution is 5.94. The third-order valence-electron chi connectivity index (χ3n) is 3.83. The number of likely N-dealkylation sites (tertiary alicyclic amines) is 1. The predicted molar refractivity (Wildman–Crippen MR) is 82.6 cm³/mol. The maximum atomic E-state index is 12.2. The molecule has 1 unspecified atom stereocenters. The molecule has 0 aliphatic carbocycles. The summed E-state index contributed by atoms with van der Waals surface area (Å²) >= 11 is 0. The Morgan fingerprint density at radius 1 is 1.43 bits per heavy atom. The van der Waals surface area contributed by atoms with E-state index >= 15 is 0 Å². The van der Waals surface area contributed by atoms with Crippen molar-refractivity contribution in [3.05, 3.63) is 29.8 Å². The van der Waals surface area contributed by atoms with E-state index in [-0.39, 0.29) is 24.3 Å². The summed E-state index contributed by atoms with van der Waals surface area (Å²) in [6, 6.07) is 7.45. The molecule has 0 saturated carbocycles. The van der Waals surface area contributed by atoms with Gasteiger partial charge in [-0.3, -0.25) is 9.59 Å². The summed E-state index contributed by atoms with van der Waals surface area (Å²) in [7, 11) is 0. The van der Waals surface area contributed by atoms with Gasteiger partial charge in [0.2, 0.25) is 11.8 Å². The number of anilines is 1. The van der Waals surface area contributed by atoms with E-state index in [1.165, 1.54) is 0 Å². The van der Waals surface area contributed by atoms with Gasteiger partial charge in [0.05, 0.1) is 6.54 Å². The van der Waals surface area contributed by atoms with Crippen LogP contribution < -0.4 is 11.1 Å². The second-order valence-corrected chi connectivity index (χ2v) is 5.61. The van der Waals surface area contributed by atoms with Gasteiger partial charge in [-0.1, -0.05) is 25.5 Å². The molecule has 1 aliphatic rings. The van der Waals surface area contributed by atoms with E-state index < -0.39 is 0 Å². The number of carbonyl (C=O) groups excluding carboxylic acids is 2. The third kappa shape index (κ3) is 4.29. The van der Waals surface area contributed by atoms with E-state index in [4.69, 9.17) is 5.73 Å². The van der Waals surface area contributed by atoms with Crippen molar-refractivity contribution in [2.75, 3.05) is 18.4 Å². The molecule has 5 heteroatoms. The number of nitrogens with one attached hydrogen (secondary N) is 1. The van der Waals surface area contributed by atoms with Gasteiger partial charge in [0, 0.05) is 24.7 Å². The summed E-state index contributed by atoms with van der Waals surface area (Å²) in [6.45, 7) is 3.16. The molecular weight excluding hydrogens is 266 g/mol. The molecule has 1 aromatic rings. The molecule has 3 N–H and O–H groups in total. The lowest BCUT2D eigenvalue weighted by atomic mass is 10.1. The van der Waals surface area contributed by atoms with Gasteiger partial charge in [-0.05, 0) is 30.5 Å². The first kappa shape index (κ1) is 15.5. The van der Waals surface area contributed by atoms with Crippen LogP contribution in [-0.2, 0) is 16.1 Å². The van der Waals surface area contributed by atoms with Crippen LogP contribution in [0.1, 0.15) is 31.7 Å². The minimum atomic E-state index is -0.161. The van der Waals surface area contributed by atoms with Crippen LogP contribution >= 0.6 is 0 Å². The van der Waals surface area contributed by atoms with Crippen LogP contribution in [0.4, 0.5) is 5.69 Å². The van der Waals surface area contributed by atoms with Gasteiger partial charge in [0.25, 0.3) is 0 Å². The van der Waals surface area contributed by atoms with Crippen molar-refractivity contribution < 1.29 is 9.59 Å². The predicted octanol–water partition coefficient (Wildman–Crippen LogP) is 1.73. The number of nitrogens with zero attached hydrogens (tertiary/aromatic N) is 1. The zero-order valence-electron chi connectivity index (χ0n) is 12.5. The Morgan fingerprint density at radius 3 is 3.00 bits per heavy atom. The Labute approximate surface area is 125 Å². The van der Waals surface area contributed by atoms with E-state index in [1.807, 2.05) is 31.2 Å². The molecule has 0 bridgehead atoms. The molecule has 1 aromatic carbocycles. The Kier molecular flexibility index (Phi) is 5.33. The minimum Gasteiger partial charge on any atom is -0.333 e. The maximum Gasteiger partial charge on any atom is 0.243 e. The first-order valence-electron chi connectivity index (χ1n) is 7.48. The molecule has 0 radical (unpaired) electrons. The van der Waals surface area contributed by atoms with Crippen molar-refractivity contribution in [3.8, 4) is 0 Å². The summed E-state index contributed by atoms with van der Waals surface area (Å²) < 4.78 is 0. The van der Waals surface area contributed by atoms with E-state index in [2.05, 4.69) is 5.32 Å². The fraction of sp³-hybridized carbons (Fsp3) is 0.500.